The first-order chi connectivity index (χ1) is 13.9. The number of rotatable bonds is 5. The molecule has 0 unspecified atom stereocenters. The number of aryl methyl sites for hydroxylation is 1. The zero-order valence-electron chi connectivity index (χ0n) is 16.6. The van der Waals surface area contributed by atoms with Gasteiger partial charge in [0.05, 0.1) is 37.6 Å². The van der Waals surface area contributed by atoms with E-state index >= 15 is 0 Å². The molecule has 29 heavy (non-hydrogen) atoms. The number of nitrogens with one attached hydrogen (secondary N) is 3. The first-order valence-corrected chi connectivity index (χ1v) is 11.6. The molecule has 0 bridgehead atoms. The topological polar surface area (TPSA) is 83.0 Å². The average Bonchev–Trinajstić information content (AvgIpc) is 2.73. The van der Waals surface area contributed by atoms with Crippen molar-refractivity contribution in [2.45, 2.75) is 24.7 Å². The lowest BCUT2D eigenvalue weighted by Crippen LogP contribution is -3.14. The number of piperazine rings is 1. The van der Waals surface area contributed by atoms with Gasteiger partial charge in [-0.15, -0.1) is 0 Å². The molecule has 2 aromatic carbocycles. The van der Waals surface area contributed by atoms with Gasteiger partial charge in [-0.1, -0.05) is 0 Å². The number of fused-ring (bicyclic) bond motifs is 1. The minimum atomic E-state index is -3.69. The molecular formula is C21H27N4O3S+. The number of likely N-dealkylation sites (N-methyl/N-ethyl adjacent to an activating group) is 1. The van der Waals surface area contributed by atoms with Crippen molar-refractivity contribution in [1.29, 1.82) is 0 Å². The van der Waals surface area contributed by atoms with Crippen LogP contribution in [0.4, 0.5) is 17.1 Å². The molecule has 2 aromatic rings. The van der Waals surface area contributed by atoms with E-state index in [4.69, 9.17) is 0 Å². The Morgan fingerprint density at radius 2 is 1.79 bits per heavy atom. The van der Waals surface area contributed by atoms with Gasteiger partial charge in [0, 0.05) is 23.5 Å². The van der Waals surface area contributed by atoms with E-state index in [2.05, 4.69) is 21.9 Å². The SMILES string of the molecule is CC[NH+]1CCN(c2ccc(NS(=O)(=O)c3ccc4c(c3)CCC(=O)N4)cc2)CC1. The van der Waals surface area contributed by atoms with Crippen LogP contribution in [0.5, 0.6) is 0 Å². The molecule has 0 spiro atoms. The number of carbonyl (C=O) groups is 1. The van der Waals surface area contributed by atoms with Crippen molar-refractivity contribution in [3.8, 4) is 0 Å². The molecule has 3 N–H and O–H groups in total. The van der Waals surface area contributed by atoms with Gasteiger partial charge >= 0.3 is 0 Å². The summed E-state index contributed by atoms with van der Waals surface area (Å²) in [6, 6.07) is 12.4. The van der Waals surface area contributed by atoms with Gasteiger partial charge in [0.25, 0.3) is 10.0 Å². The largest absolute Gasteiger partial charge is 0.360 e. The first kappa shape index (κ1) is 19.7. The third-order valence-electron chi connectivity index (χ3n) is 5.74. The Kier molecular flexibility index (Phi) is 5.47. The lowest BCUT2D eigenvalue weighted by Gasteiger charge is -2.33. The summed E-state index contributed by atoms with van der Waals surface area (Å²) >= 11 is 0. The molecular weight excluding hydrogens is 388 g/mol. The maximum Gasteiger partial charge on any atom is 0.261 e. The molecule has 0 aliphatic carbocycles. The minimum Gasteiger partial charge on any atom is -0.360 e. The number of benzene rings is 2. The van der Waals surface area contributed by atoms with Gasteiger partial charge in [-0.25, -0.2) is 8.42 Å². The second kappa shape index (κ2) is 8.04. The number of carbonyl (C=O) groups excluding carboxylic acids is 1. The molecule has 0 aromatic heterocycles. The third-order valence-corrected chi connectivity index (χ3v) is 7.12. The van der Waals surface area contributed by atoms with Crippen molar-refractivity contribution in [3.63, 3.8) is 0 Å². The van der Waals surface area contributed by atoms with Crippen LogP contribution < -0.4 is 19.8 Å². The van der Waals surface area contributed by atoms with Gasteiger partial charge < -0.3 is 15.1 Å². The second-order valence-electron chi connectivity index (χ2n) is 7.61. The summed E-state index contributed by atoms with van der Waals surface area (Å²) in [6.45, 7) is 7.65. The van der Waals surface area contributed by atoms with Crippen LogP contribution in [0.15, 0.2) is 47.4 Å². The Morgan fingerprint density at radius 1 is 1.07 bits per heavy atom. The van der Waals surface area contributed by atoms with Crippen LogP contribution in [0, 0.1) is 0 Å². The van der Waals surface area contributed by atoms with E-state index in [0.29, 0.717) is 24.2 Å². The van der Waals surface area contributed by atoms with Crippen molar-refractivity contribution in [3.05, 3.63) is 48.0 Å². The number of hydrogen-bond donors (Lipinski definition) is 3. The summed E-state index contributed by atoms with van der Waals surface area (Å²) in [4.78, 5) is 15.6. The number of quaternary nitrogens is 1. The highest BCUT2D eigenvalue weighted by Crippen LogP contribution is 2.27. The smallest absolute Gasteiger partial charge is 0.261 e. The zero-order chi connectivity index (χ0) is 20.4. The molecule has 2 aliphatic heterocycles. The van der Waals surface area contributed by atoms with Crippen LogP contribution in [0.2, 0.25) is 0 Å². The van der Waals surface area contributed by atoms with Crippen molar-refractivity contribution < 1.29 is 18.1 Å². The highest BCUT2D eigenvalue weighted by atomic mass is 32.2. The van der Waals surface area contributed by atoms with Gasteiger partial charge in [0.15, 0.2) is 0 Å². The number of sulfonamides is 1. The van der Waals surface area contributed by atoms with E-state index in [9.17, 15) is 13.2 Å². The van der Waals surface area contributed by atoms with Crippen molar-refractivity contribution in [2.75, 3.05) is 47.7 Å². The van der Waals surface area contributed by atoms with E-state index < -0.39 is 10.0 Å². The number of hydrogen-bond acceptors (Lipinski definition) is 4. The molecule has 2 heterocycles. The fourth-order valence-corrected chi connectivity index (χ4v) is 5.02. The predicted molar refractivity (Wildman–Crippen MR) is 114 cm³/mol. The van der Waals surface area contributed by atoms with Crippen molar-refractivity contribution in [2.24, 2.45) is 0 Å². The monoisotopic (exact) mass is 415 g/mol. The molecule has 2 aliphatic rings. The summed E-state index contributed by atoms with van der Waals surface area (Å²) < 4.78 is 28.3. The van der Waals surface area contributed by atoms with E-state index in [1.165, 1.54) is 6.07 Å². The van der Waals surface area contributed by atoms with E-state index in [1.54, 1.807) is 17.0 Å². The lowest BCUT2D eigenvalue weighted by atomic mass is 10.0. The molecule has 8 heteroatoms. The summed E-state index contributed by atoms with van der Waals surface area (Å²) in [6.07, 6.45) is 0.922. The van der Waals surface area contributed by atoms with Gasteiger partial charge in [0.2, 0.25) is 5.91 Å². The Hall–Kier alpha value is -2.58. The molecule has 0 saturated carbocycles. The predicted octanol–water partition coefficient (Wildman–Crippen LogP) is 1.10. The minimum absolute atomic E-state index is 0.0381. The van der Waals surface area contributed by atoms with Crippen molar-refractivity contribution in [1.82, 2.24) is 0 Å². The molecule has 0 radical (unpaired) electrons. The first-order valence-electron chi connectivity index (χ1n) is 10.1. The Balaban J connectivity index is 1.45. The van der Waals surface area contributed by atoms with Gasteiger partial charge in [0.1, 0.15) is 0 Å². The summed E-state index contributed by atoms with van der Waals surface area (Å²) in [5.74, 6) is -0.0381. The Bertz CT molecular complexity index is 997. The van der Waals surface area contributed by atoms with Gasteiger partial charge in [-0.05, 0) is 61.4 Å². The fraction of sp³-hybridized carbons (Fsp3) is 0.381. The molecule has 0 atom stereocenters. The quantitative estimate of drug-likeness (QED) is 0.683. The van der Waals surface area contributed by atoms with Crippen LogP contribution in [-0.4, -0.2) is 47.0 Å². The third kappa shape index (κ3) is 4.38. The Labute approximate surface area is 171 Å². The lowest BCUT2D eigenvalue weighted by molar-refractivity contribution is -0.898. The van der Waals surface area contributed by atoms with E-state index in [-0.39, 0.29) is 10.8 Å². The van der Waals surface area contributed by atoms with Crippen LogP contribution in [0.3, 0.4) is 0 Å². The maximum atomic E-state index is 12.8. The normalized spacial score (nSPS) is 17.6. The molecule has 1 amide bonds. The van der Waals surface area contributed by atoms with E-state index in [1.807, 2.05) is 24.3 Å². The summed E-state index contributed by atoms with van der Waals surface area (Å²) in [7, 11) is -3.69. The van der Waals surface area contributed by atoms with Crippen LogP contribution in [0.25, 0.3) is 0 Å². The van der Waals surface area contributed by atoms with Crippen LogP contribution in [-0.2, 0) is 21.2 Å². The molecule has 4 rings (SSSR count). The molecule has 7 nitrogen and oxygen atoms in total. The molecule has 1 saturated heterocycles. The zero-order valence-corrected chi connectivity index (χ0v) is 17.4. The maximum absolute atomic E-state index is 12.8. The van der Waals surface area contributed by atoms with E-state index in [0.717, 1.165) is 44.0 Å². The summed E-state index contributed by atoms with van der Waals surface area (Å²) in [5.41, 5.74) is 3.19. The highest BCUT2D eigenvalue weighted by Gasteiger charge is 2.21. The van der Waals surface area contributed by atoms with Gasteiger partial charge in [-0.2, -0.15) is 0 Å². The second-order valence-corrected chi connectivity index (χ2v) is 9.29. The summed E-state index contributed by atoms with van der Waals surface area (Å²) in [5, 5.41) is 2.77. The number of anilines is 3. The Morgan fingerprint density at radius 3 is 2.48 bits per heavy atom. The molecule has 1 fully saturated rings. The van der Waals surface area contributed by atoms with Gasteiger partial charge in [-0.3, -0.25) is 9.52 Å². The molecule has 154 valence electrons. The van der Waals surface area contributed by atoms with Crippen LogP contribution in [0.1, 0.15) is 18.9 Å². The number of amides is 1. The average molecular weight is 416 g/mol. The van der Waals surface area contributed by atoms with Crippen LogP contribution >= 0.6 is 0 Å². The van der Waals surface area contributed by atoms with Crippen molar-refractivity contribution >= 4 is 33.0 Å². The highest BCUT2D eigenvalue weighted by molar-refractivity contribution is 7.92. The standard InChI is InChI=1S/C21H26N4O3S/c1-2-24-11-13-25(14-12-24)18-6-4-17(5-7-18)23-29(27,28)19-8-9-20-16(15-19)3-10-21(26)22-20/h4-9,15,23H,2-3,10-14H2,1H3,(H,22,26)/p+1. The fourth-order valence-electron chi connectivity index (χ4n) is 3.92. The number of nitrogens with zero attached hydrogens (tertiary/aromatic N) is 1.